The molecule has 0 spiro atoms. The molecule has 1 fully saturated rings. The molecule has 1 aliphatic rings. The molecule has 0 amide bonds. The minimum atomic E-state index is -0.501. The highest BCUT2D eigenvalue weighted by Gasteiger charge is 2.19. The predicted octanol–water partition coefficient (Wildman–Crippen LogP) is 2.00. The van der Waals surface area contributed by atoms with Crippen LogP contribution < -0.4 is 5.32 Å². The molecule has 64 valence electrons. The Morgan fingerprint density at radius 2 is 1.75 bits per heavy atom. The molecule has 0 saturated carbocycles. The molecule has 0 aliphatic carbocycles. The van der Waals surface area contributed by atoms with Crippen molar-refractivity contribution in [1.82, 2.24) is 5.32 Å². The highest BCUT2D eigenvalue weighted by Crippen LogP contribution is 2.23. The van der Waals surface area contributed by atoms with Gasteiger partial charge in [0, 0.05) is 12.1 Å². The van der Waals surface area contributed by atoms with Crippen molar-refractivity contribution in [1.29, 1.82) is 0 Å². The highest BCUT2D eigenvalue weighted by molar-refractivity contribution is 5.22. The maximum absolute atomic E-state index is 12.7. The first-order valence-electron chi connectivity index (χ1n) is 3.95. The summed E-state index contributed by atoms with van der Waals surface area (Å²) in [4.78, 5) is 0. The van der Waals surface area contributed by atoms with Crippen molar-refractivity contribution in [3.8, 4) is 0 Å². The second kappa shape index (κ2) is 2.83. The van der Waals surface area contributed by atoms with Gasteiger partial charge in [-0.1, -0.05) is 0 Å². The Bertz CT molecular complexity index is 274. The van der Waals surface area contributed by atoms with Crippen LogP contribution in [0.15, 0.2) is 18.2 Å². The minimum Gasteiger partial charge on any atom is -0.310 e. The first-order chi connectivity index (χ1) is 5.75. The highest BCUT2D eigenvalue weighted by atomic mass is 19.1. The third kappa shape index (κ3) is 1.32. The molecule has 1 aromatic carbocycles. The Morgan fingerprint density at radius 1 is 1.17 bits per heavy atom. The van der Waals surface area contributed by atoms with Gasteiger partial charge < -0.3 is 5.32 Å². The van der Waals surface area contributed by atoms with E-state index in [2.05, 4.69) is 5.32 Å². The Kier molecular flexibility index (Phi) is 1.81. The Labute approximate surface area is 69.4 Å². The number of nitrogens with one attached hydrogen (secondary N) is 1. The summed E-state index contributed by atoms with van der Waals surface area (Å²) in [5.41, 5.74) is 0.707. The minimum absolute atomic E-state index is 0.148. The lowest BCUT2D eigenvalue weighted by atomic mass is 9.98. The molecule has 1 N–H and O–H groups in total. The fraction of sp³-hybridized carbons (Fsp3) is 0.333. The maximum Gasteiger partial charge on any atom is 0.126 e. The number of halogens is 2. The average molecular weight is 169 g/mol. The summed E-state index contributed by atoms with van der Waals surface area (Å²) in [7, 11) is 0. The third-order valence-electron chi connectivity index (χ3n) is 2.11. The van der Waals surface area contributed by atoms with Gasteiger partial charge in [-0.25, -0.2) is 8.78 Å². The molecule has 1 heterocycles. The Balaban J connectivity index is 2.30. The van der Waals surface area contributed by atoms with Gasteiger partial charge in [0.15, 0.2) is 0 Å². The van der Waals surface area contributed by atoms with E-state index in [-0.39, 0.29) is 6.04 Å². The van der Waals surface area contributed by atoms with E-state index in [1.165, 1.54) is 12.1 Å². The van der Waals surface area contributed by atoms with Gasteiger partial charge in [-0.2, -0.15) is 0 Å². The van der Waals surface area contributed by atoms with Gasteiger partial charge in [0.05, 0.1) is 0 Å². The molecule has 1 nitrogen and oxygen atoms in total. The summed E-state index contributed by atoms with van der Waals surface area (Å²) in [6, 6.07) is 3.79. The smallest absolute Gasteiger partial charge is 0.126 e. The van der Waals surface area contributed by atoms with Gasteiger partial charge >= 0.3 is 0 Å². The van der Waals surface area contributed by atoms with E-state index in [9.17, 15) is 8.78 Å². The monoisotopic (exact) mass is 169 g/mol. The van der Waals surface area contributed by atoms with Gasteiger partial charge in [0.1, 0.15) is 11.6 Å². The van der Waals surface area contributed by atoms with Crippen LogP contribution >= 0.6 is 0 Å². The summed E-state index contributed by atoms with van der Waals surface area (Å²) in [6.45, 7) is 0.933. The Hall–Kier alpha value is -0.960. The topological polar surface area (TPSA) is 12.0 Å². The third-order valence-corrected chi connectivity index (χ3v) is 2.11. The molecule has 0 bridgehead atoms. The number of hydrogen-bond donors (Lipinski definition) is 1. The standard InChI is InChI=1S/C9H9F2N/c10-7-3-6(4-8(11)5-7)9-1-2-12-9/h3-5,9,12H,1-2H2/t9-/m1/s1. The quantitative estimate of drug-likeness (QED) is 0.678. The molecule has 12 heavy (non-hydrogen) atoms. The van der Waals surface area contributed by atoms with Crippen LogP contribution in [0.4, 0.5) is 8.78 Å². The van der Waals surface area contributed by atoms with Crippen molar-refractivity contribution in [2.24, 2.45) is 0 Å². The van der Waals surface area contributed by atoms with E-state index in [4.69, 9.17) is 0 Å². The van der Waals surface area contributed by atoms with Gasteiger partial charge in [0.25, 0.3) is 0 Å². The first-order valence-corrected chi connectivity index (χ1v) is 3.95. The second-order valence-corrected chi connectivity index (χ2v) is 3.00. The van der Waals surface area contributed by atoms with Crippen molar-refractivity contribution in [3.05, 3.63) is 35.4 Å². The van der Waals surface area contributed by atoms with Crippen LogP contribution in [0.5, 0.6) is 0 Å². The van der Waals surface area contributed by atoms with Crippen LogP contribution in [0.3, 0.4) is 0 Å². The molecular formula is C9H9F2N. The van der Waals surface area contributed by atoms with E-state index in [1.54, 1.807) is 0 Å². The summed E-state index contributed by atoms with van der Waals surface area (Å²) < 4.78 is 25.4. The zero-order valence-corrected chi connectivity index (χ0v) is 6.48. The SMILES string of the molecule is Fc1cc(F)cc([C@H]2CCN2)c1. The van der Waals surface area contributed by atoms with Gasteiger partial charge in [-0.3, -0.25) is 0 Å². The molecule has 3 heteroatoms. The van der Waals surface area contributed by atoms with Gasteiger partial charge in [-0.05, 0) is 30.7 Å². The van der Waals surface area contributed by atoms with Crippen LogP contribution in [0.2, 0.25) is 0 Å². The van der Waals surface area contributed by atoms with Gasteiger partial charge in [-0.15, -0.1) is 0 Å². The first kappa shape index (κ1) is 7.68. The molecule has 0 unspecified atom stereocenters. The van der Waals surface area contributed by atoms with E-state index in [1.807, 2.05) is 0 Å². The summed E-state index contributed by atoms with van der Waals surface area (Å²) in [5, 5.41) is 3.08. The molecule has 1 aromatic rings. The zero-order valence-electron chi connectivity index (χ0n) is 6.48. The lowest BCUT2D eigenvalue weighted by Crippen LogP contribution is -2.35. The van der Waals surface area contributed by atoms with E-state index < -0.39 is 11.6 Å². The largest absolute Gasteiger partial charge is 0.310 e. The molecule has 1 aliphatic heterocycles. The number of benzene rings is 1. The molecule has 2 rings (SSSR count). The van der Waals surface area contributed by atoms with Crippen molar-refractivity contribution < 1.29 is 8.78 Å². The van der Waals surface area contributed by atoms with Crippen molar-refractivity contribution in [2.75, 3.05) is 6.54 Å². The van der Waals surface area contributed by atoms with Crippen LogP contribution in [0.25, 0.3) is 0 Å². The molecule has 1 atom stereocenters. The second-order valence-electron chi connectivity index (χ2n) is 3.00. The van der Waals surface area contributed by atoms with E-state index in [0.717, 1.165) is 19.0 Å². The number of rotatable bonds is 1. The Morgan fingerprint density at radius 3 is 2.17 bits per heavy atom. The summed E-state index contributed by atoms with van der Waals surface area (Å²) in [5.74, 6) is -1.00. The van der Waals surface area contributed by atoms with E-state index in [0.29, 0.717) is 5.56 Å². The van der Waals surface area contributed by atoms with Crippen LogP contribution in [-0.4, -0.2) is 6.54 Å². The van der Waals surface area contributed by atoms with Crippen LogP contribution in [0, 0.1) is 11.6 Å². The van der Waals surface area contributed by atoms with Crippen molar-refractivity contribution in [2.45, 2.75) is 12.5 Å². The van der Waals surface area contributed by atoms with Crippen LogP contribution in [-0.2, 0) is 0 Å². The zero-order chi connectivity index (χ0) is 8.55. The van der Waals surface area contributed by atoms with E-state index >= 15 is 0 Å². The molecule has 1 saturated heterocycles. The van der Waals surface area contributed by atoms with Crippen molar-refractivity contribution in [3.63, 3.8) is 0 Å². The fourth-order valence-electron chi connectivity index (χ4n) is 1.35. The molecule has 0 radical (unpaired) electrons. The molecular weight excluding hydrogens is 160 g/mol. The lowest BCUT2D eigenvalue weighted by Gasteiger charge is -2.27. The van der Waals surface area contributed by atoms with Crippen molar-refractivity contribution >= 4 is 0 Å². The normalized spacial score (nSPS) is 22.0. The number of hydrogen-bond acceptors (Lipinski definition) is 1. The summed E-state index contributed by atoms with van der Waals surface area (Å²) in [6.07, 6.45) is 0.961. The lowest BCUT2D eigenvalue weighted by molar-refractivity contribution is 0.380. The molecule has 0 aromatic heterocycles. The summed E-state index contributed by atoms with van der Waals surface area (Å²) >= 11 is 0. The van der Waals surface area contributed by atoms with Crippen LogP contribution in [0.1, 0.15) is 18.0 Å². The fourth-order valence-corrected chi connectivity index (χ4v) is 1.35. The maximum atomic E-state index is 12.7. The average Bonchev–Trinajstić information content (AvgIpc) is 1.79. The van der Waals surface area contributed by atoms with Gasteiger partial charge in [0.2, 0.25) is 0 Å². The predicted molar refractivity (Wildman–Crippen MR) is 41.7 cm³/mol.